The van der Waals surface area contributed by atoms with E-state index in [1.54, 1.807) is 18.9 Å². The SMILES string of the molecule is COc1ccc(Cn2nc(C)cc2N)c(OC)c1. The van der Waals surface area contributed by atoms with E-state index < -0.39 is 0 Å². The number of benzene rings is 1. The molecule has 2 N–H and O–H groups in total. The summed E-state index contributed by atoms with van der Waals surface area (Å²) < 4.78 is 12.3. The van der Waals surface area contributed by atoms with Gasteiger partial charge < -0.3 is 15.2 Å². The number of aryl methyl sites for hydroxylation is 1. The fourth-order valence-electron chi connectivity index (χ4n) is 1.84. The van der Waals surface area contributed by atoms with Gasteiger partial charge in [-0.05, 0) is 19.1 Å². The number of hydrogen-bond acceptors (Lipinski definition) is 4. The lowest BCUT2D eigenvalue weighted by atomic mass is 10.2. The van der Waals surface area contributed by atoms with Crippen LogP contribution >= 0.6 is 0 Å². The predicted molar refractivity (Wildman–Crippen MR) is 70.0 cm³/mol. The van der Waals surface area contributed by atoms with Crippen molar-refractivity contribution in [1.29, 1.82) is 0 Å². The zero-order chi connectivity index (χ0) is 13.1. The van der Waals surface area contributed by atoms with E-state index >= 15 is 0 Å². The summed E-state index contributed by atoms with van der Waals surface area (Å²) in [6.45, 7) is 2.49. The maximum atomic E-state index is 5.87. The third-order valence-corrected chi connectivity index (χ3v) is 2.75. The summed E-state index contributed by atoms with van der Waals surface area (Å²) in [4.78, 5) is 0. The molecule has 0 atom stereocenters. The van der Waals surface area contributed by atoms with Crippen LogP contribution in [0.4, 0.5) is 5.82 Å². The first kappa shape index (κ1) is 12.3. The summed E-state index contributed by atoms with van der Waals surface area (Å²) in [5.41, 5.74) is 7.78. The zero-order valence-corrected chi connectivity index (χ0v) is 10.8. The van der Waals surface area contributed by atoms with Crippen molar-refractivity contribution in [2.45, 2.75) is 13.5 Å². The smallest absolute Gasteiger partial charge is 0.127 e. The average Bonchev–Trinajstić information content (AvgIpc) is 2.68. The van der Waals surface area contributed by atoms with Crippen LogP contribution < -0.4 is 15.2 Å². The van der Waals surface area contributed by atoms with Crippen molar-refractivity contribution in [3.8, 4) is 11.5 Å². The van der Waals surface area contributed by atoms with E-state index in [0.717, 1.165) is 22.8 Å². The second-order valence-electron chi connectivity index (χ2n) is 4.05. The molecule has 0 spiro atoms. The summed E-state index contributed by atoms with van der Waals surface area (Å²) >= 11 is 0. The second kappa shape index (κ2) is 5.00. The largest absolute Gasteiger partial charge is 0.497 e. The maximum Gasteiger partial charge on any atom is 0.127 e. The topological polar surface area (TPSA) is 62.3 Å². The van der Waals surface area contributed by atoms with E-state index in [0.29, 0.717) is 12.4 Å². The molecule has 2 rings (SSSR count). The van der Waals surface area contributed by atoms with Crippen LogP contribution in [0.25, 0.3) is 0 Å². The van der Waals surface area contributed by atoms with E-state index in [2.05, 4.69) is 5.10 Å². The third-order valence-electron chi connectivity index (χ3n) is 2.75. The lowest BCUT2D eigenvalue weighted by Crippen LogP contribution is -2.07. The van der Waals surface area contributed by atoms with E-state index in [1.165, 1.54) is 0 Å². The first-order chi connectivity index (χ1) is 8.63. The fraction of sp³-hybridized carbons (Fsp3) is 0.308. The average molecular weight is 247 g/mol. The van der Waals surface area contributed by atoms with Gasteiger partial charge in [-0.1, -0.05) is 0 Å². The van der Waals surface area contributed by atoms with Gasteiger partial charge in [0.05, 0.1) is 26.5 Å². The van der Waals surface area contributed by atoms with Crippen LogP contribution in [0.15, 0.2) is 24.3 Å². The molecule has 0 fully saturated rings. The highest BCUT2D eigenvalue weighted by atomic mass is 16.5. The summed E-state index contributed by atoms with van der Waals surface area (Å²) in [7, 11) is 3.26. The van der Waals surface area contributed by atoms with Crippen LogP contribution in [-0.2, 0) is 6.54 Å². The predicted octanol–water partition coefficient (Wildman–Crippen LogP) is 1.84. The minimum Gasteiger partial charge on any atom is -0.497 e. The molecule has 0 saturated carbocycles. The first-order valence-electron chi connectivity index (χ1n) is 5.65. The van der Waals surface area contributed by atoms with Gasteiger partial charge in [0.2, 0.25) is 0 Å². The van der Waals surface area contributed by atoms with Crippen molar-refractivity contribution in [2.24, 2.45) is 0 Å². The standard InChI is InChI=1S/C13H17N3O2/c1-9-6-13(14)16(15-9)8-10-4-5-11(17-2)7-12(10)18-3/h4-7H,8,14H2,1-3H3. The molecule has 1 heterocycles. The van der Waals surface area contributed by atoms with Crippen molar-refractivity contribution < 1.29 is 9.47 Å². The van der Waals surface area contributed by atoms with Crippen LogP contribution in [0.1, 0.15) is 11.3 Å². The van der Waals surface area contributed by atoms with Crippen LogP contribution in [0.5, 0.6) is 11.5 Å². The van der Waals surface area contributed by atoms with Gasteiger partial charge in [-0.2, -0.15) is 5.10 Å². The number of nitrogens with two attached hydrogens (primary N) is 1. The molecule has 18 heavy (non-hydrogen) atoms. The highest BCUT2D eigenvalue weighted by Crippen LogP contribution is 2.25. The fourth-order valence-corrected chi connectivity index (χ4v) is 1.84. The van der Waals surface area contributed by atoms with Crippen molar-refractivity contribution in [1.82, 2.24) is 9.78 Å². The number of anilines is 1. The molecule has 96 valence electrons. The van der Waals surface area contributed by atoms with E-state index in [4.69, 9.17) is 15.2 Å². The molecule has 1 aromatic heterocycles. The van der Waals surface area contributed by atoms with Gasteiger partial charge in [-0.3, -0.25) is 0 Å². The quantitative estimate of drug-likeness (QED) is 0.895. The van der Waals surface area contributed by atoms with Gasteiger partial charge in [0, 0.05) is 17.7 Å². The van der Waals surface area contributed by atoms with Crippen molar-refractivity contribution >= 4 is 5.82 Å². The molecule has 0 amide bonds. The van der Waals surface area contributed by atoms with Crippen LogP contribution in [-0.4, -0.2) is 24.0 Å². The minimum absolute atomic E-state index is 0.576. The van der Waals surface area contributed by atoms with Crippen LogP contribution in [0.3, 0.4) is 0 Å². The maximum absolute atomic E-state index is 5.87. The molecule has 5 nitrogen and oxygen atoms in total. The van der Waals surface area contributed by atoms with Crippen LogP contribution in [0, 0.1) is 6.92 Å². The summed E-state index contributed by atoms with van der Waals surface area (Å²) in [6.07, 6.45) is 0. The zero-order valence-electron chi connectivity index (χ0n) is 10.8. The Morgan fingerprint density at radius 1 is 1.22 bits per heavy atom. The van der Waals surface area contributed by atoms with E-state index in [1.807, 2.05) is 31.2 Å². The normalized spacial score (nSPS) is 10.4. The Hall–Kier alpha value is -2.17. The first-order valence-corrected chi connectivity index (χ1v) is 5.65. The Labute approximate surface area is 106 Å². The van der Waals surface area contributed by atoms with Crippen molar-refractivity contribution in [2.75, 3.05) is 20.0 Å². The van der Waals surface area contributed by atoms with Gasteiger partial charge in [0.15, 0.2) is 0 Å². The number of nitrogens with zero attached hydrogens (tertiary/aromatic N) is 2. The van der Waals surface area contributed by atoms with Gasteiger partial charge in [0.1, 0.15) is 17.3 Å². The number of nitrogen functional groups attached to an aromatic ring is 1. The van der Waals surface area contributed by atoms with Gasteiger partial charge in [-0.15, -0.1) is 0 Å². The Bertz CT molecular complexity index is 549. The Morgan fingerprint density at radius 2 is 2.00 bits per heavy atom. The number of ether oxygens (including phenoxy) is 2. The molecule has 0 aliphatic heterocycles. The van der Waals surface area contributed by atoms with Crippen LogP contribution in [0.2, 0.25) is 0 Å². The molecule has 0 aliphatic carbocycles. The highest BCUT2D eigenvalue weighted by molar-refractivity contribution is 5.42. The van der Waals surface area contributed by atoms with Gasteiger partial charge >= 0.3 is 0 Å². The van der Waals surface area contributed by atoms with E-state index in [-0.39, 0.29) is 0 Å². The molecule has 0 radical (unpaired) electrons. The molecule has 1 aromatic carbocycles. The second-order valence-corrected chi connectivity index (χ2v) is 4.05. The monoisotopic (exact) mass is 247 g/mol. The molecule has 0 saturated heterocycles. The minimum atomic E-state index is 0.576. The Kier molecular flexibility index (Phi) is 3.41. The van der Waals surface area contributed by atoms with Crippen molar-refractivity contribution in [3.05, 3.63) is 35.5 Å². The summed E-state index contributed by atoms with van der Waals surface area (Å²) in [5.74, 6) is 2.17. The number of aromatic nitrogens is 2. The summed E-state index contributed by atoms with van der Waals surface area (Å²) in [6, 6.07) is 7.54. The molecule has 0 bridgehead atoms. The highest BCUT2D eigenvalue weighted by Gasteiger charge is 2.08. The lowest BCUT2D eigenvalue weighted by Gasteiger charge is -2.11. The molecule has 2 aromatic rings. The molecular weight excluding hydrogens is 230 g/mol. The number of rotatable bonds is 4. The number of hydrogen-bond donors (Lipinski definition) is 1. The summed E-state index contributed by atoms with van der Waals surface area (Å²) in [5, 5.41) is 4.33. The third kappa shape index (κ3) is 2.40. The number of methoxy groups -OCH3 is 2. The van der Waals surface area contributed by atoms with Crippen molar-refractivity contribution in [3.63, 3.8) is 0 Å². The van der Waals surface area contributed by atoms with Gasteiger partial charge in [-0.25, -0.2) is 4.68 Å². The Morgan fingerprint density at radius 3 is 2.56 bits per heavy atom. The van der Waals surface area contributed by atoms with E-state index in [9.17, 15) is 0 Å². The molecular formula is C13H17N3O2. The lowest BCUT2D eigenvalue weighted by molar-refractivity contribution is 0.389. The van der Waals surface area contributed by atoms with Gasteiger partial charge in [0.25, 0.3) is 0 Å². The molecule has 0 aliphatic rings. The molecule has 5 heteroatoms. The Balaban J connectivity index is 2.31. The molecule has 0 unspecified atom stereocenters.